The van der Waals surface area contributed by atoms with E-state index in [4.69, 9.17) is 15.7 Å². The third-order valence-corrected chi connectivity index (χ3v) is 3.16. The first-order valence-corrected chi connectivity index (χ1v) is 6.31. The molecule has 0 N–H and O–H groups in total. The van der Waals surface area contributed by atoms with E-state index in [0.717, 1.165) is 25.9 Å². The molecule has 3 nitrogen and oxygen atoms in total. The van der Waals surface area contributed by atoms with Crippen LogP contribution in [0.2, 0.25) is 0 Å². The fourth-order valence-electron chi connectivity index (χ4n) is 1.85. The SMILES string of the molecule is [B]C([B])(Br)c1cccc(C(=O)N2CCCC2)n1. The summed E-state index contributed by atoms with van der Waals surface area (Å²) in [7, 11) is 11.4. The highest BCUT2D eigenvalue weighted by Gasteiger charge is 2.23. The van der Waals surface area contributed by atoms with Gasteiger partial charge in [-0.1, -0.05) is 22.0 Å². The molecule has 1 amide bonds. The molecule has 17 heavy (non-hydrogen) atoms. The molecule has 1 aromatic heterocycles. The number of aromatic nitrogens is 1. The summed E-state index contributed by atoms with van der Waals surface area (Å²) in [6, 6.07) is 5.11. The van der Waals surface area contributed by atoms with Crippen molar-refractivity contribution in [3.8, 4) is 0 Å². The van der Waals surface area contributed by atoms with E-state index in [-0.39, 0.29) is 5.91 Å². The van der Waals surface area contributed by atoms with Crippen molar-refractivity contribution in [2.45, 2.75) is 17.0 Å². The van der Waals surface area contributed by atoms with E-state index in [9.17, 15) is 4.79 Å². The molecule has 0 saturated carbocycles. The first-order valence-electron chi connectivity index (χ1n) is 5.52. The number of hydrogen-bond donors (Lipinski definition) is 0. The van der Waals surface area contributed by atoms with Gasteiger partial charge < -0.3 is 4.90 Å². The van der Waals surface area contributed by atoms with Gasteiger partial charge in [0, 0.05) is 18.8 Å². The highest BCUT2D eigenvalue weighted by atomic mass is 79.9. The summed E-state index contributed by atoms with van der Waals surface area (Å²) in [5, 5.41) is 0. The molecule has 6 heteroatoms. The van der Waals surface area contributed by atoms with Gasteiger partial charge in [-0.25, -0.2) is 4.98 Å². The van der Waals surface area contributed by atoms with Crippen LogP contribution in [0.15, 0.2) is 18.2 Å². The zero-order chi connectivity index (χ0) is 12.5. The molecule has 2 rings (SSSR count). The predicted molar refractivity (Wildman–Crippen MR) is 71.5 cm³/mol. The normalized spacial score (nSPS) is 16.2. The Morgan fingerprint density at radius 2 is 2.00 bits per heavy atom. The number of carbonyl (C=O) groups excluding carboxylic acids is 1. The number of likely N-dealkylation sites (tertiary alicyclic amines) is 1. The number of hydrogen-bond acceptors (Lipinski definition) is 2. The zero-order valence-electron chi connectivity index (χ0n) is 9.40. The molecule has 2 heterocycles. The maximum atomic E-state index is 12.1. The molecular formula is C11H11B2BrN2O. The number of rotatable bonds is 2. The molecule has 1 aliphatic rings. The highest BCUT2D eigenvalue weighted by Crippen LogP contribution is 2.22. The van der Waals surface area contributed by atoms with Gasteiger partial charge in [-0.05, 0) is 29.1 Å². The van der Waals surface area contributed by atoms with Crippen molar-refractivity contribution in [1.82, 2.24) is 9.88 Å². The second-order valence-corrected chi connectivity index (χ2v) is 5.49. The standard InChI is InChI=1S/C11H11B2BrN2O/c12-11(13,14)9-5-3-4-8(15-9)10(17)16-6-1-2-7-16/h3-5H,1-2,6-7H2. The van der Waals surface area contributed by atoms with Crippen molar-refractivity contribution in [3.05, 3.63) is 29.6 Å². The van der Waals surface area contributed by atoms with Crippen LogP contribution in [0.1, 0.15) is 29.0 Å². The molecule has 1 aliphatic heterocycles. The largest absolute Gasteiger partial charge is 0.337 e. The van der Waals surface area contributed by atoms with Gasteiger partial charge in [0.15, 0.2) is 0 Å². The van der Waals surface area contributed by atoms with Crippen molar-refractivity contribution in [3.63, 3.8) is 0 Å². The second-order valence-electron chi connectivity index (χ2n) is 4.18. The smallest absolute Gasteiger partial charge is 0.272 e. The lowest BCUT2D eigenvalue weighted by atomic mass is 9.68. The predicted octanol–water partition coefficient (Wildman–Crippen LogP) is 1.16. The maximum Gasteiger partial charge on any atom is 0.272 e. The van der Waals surface area contributed by atoms with E-state index < -0.39 is 4.12 Å². The molecule has 0 atom stereocenters. The van der Waals surface area contributed by atoms with Gasteiger partial charge in [0.2, 0.25) is 0 Å². The molecule has 1 saturated heterocycles. The quantitative estimate of drug-likeness (QED) is 0.604. The van der Waals surface area contributed by atoms with Crippen LogP contribution < -0.4 is 0 Å². The van der Waals surface area contributed by atoms with Crippen molar-refractivity contribution >= 4 is 37.5 Å². The monoisotopic (exact) mass is 288 g/mol. The first-order chi connectivity index (χ1) is 7.98. The Hall–Kier alpha value is -0.770. The van der Waals surface area contributed by atoms with Gasteiger partial charge in [0.1, 0.15) is 5.69 Å². The number of amides is 1. The molecule has 0 aliphatic carbocycles. The Balaban J connectivity index is 2.24. The van der Waals surface area contributed by atoms with Crippen LogP contribution in [0.5, 0.6) is 0 Å². The Kier molecular flexibility index (Phi) is 3.61. The minimum Gasteiger partial charge on any atom is -0.337 e. The summed E-state index contributed by atoms with van der Waals surface area (Å²) in [5.74, 6) is -0.0545. The van der Waals surface area contributed by atoms with E-state index in [1.165, 1.54) is 0 Å². The minimum absolute atomic E-state index is 0.0545. The third-order valence-electron chi connectivity index (χ3n) is 2.75. The summed E-state index contributed by atoms with van der Waals surface area (Å²) >= 11 is 3.12. The Bertz CT molecular complexity index is 428. The lowest BCUT2D eigenvalue weighted by Gasteiger charge is -2.19. The van der Waals surface area contributed by atoms with Gasteiger partial charge in [-0.2, -0.15) is 0 Å². The molecule has 1 fully saturated rings. The number of halogens is 1. The van der Waals surface area contributed by atoms with Gasteiger partial charge in [0.25, 0.3) is 5.91 Å². The van der Waals surface area contributed by atoms with Crippen LogP contribution in [0.3, 0.4) is 0 Å². The molecule has 84 valence electrons. The highest BCUT2D eigenvalue weighted by molar-refractivity contribution is 9.10. The van der Waals surface area contributed by atoms with Crippen LogP contribution in [-0.2, 0) is 4.12 Å². The minimum atomic E-state index is -1.20. The van der Waals surface area contributed by atoms with Crippen LogP contribution in [0.25, 0.3) is 0 Å². The van der Waals surface area contributed by atoms with E-state index >= 15 is 0 Å². The van der Waals surface area contributed by atoms with E-state index in [1.54, 1.807) is 23.1 Å². The van der Waals surface area contributed by atoms with Crippen LogP contribution in [-0.4, -0.2) is 44.6 Å². The molecule has 0 aromatic carbocycles. The molecular weight excluding hydrogens is 278 g/mol. The van der Waals surface area contributed by atoms with Gasteiger partial charge >= 0.3 is 0 Å². The molecule has 0 spiro atoms. The van der Waals surface area contributed by atoms with Crippen molar-refractivity contribution in [2.75, 3.05) is 13.1 Å². The Morgan fingerprint density at radius 3 is 2.59 bits per heavy atom. The van der Waals surface area contributed by atoms with Crippen LogP contribution in [0.4, 0.5) is 0 Å². The molecule has 1 aromatic rings. The topological polar surface area (TPSA) is 33.2 Å². The van der Waals surface area contributed by atoms with E-state index in [2.05, 4.69) is 20.9 Å². The average Bonchev–Trinajstić information content (AvgIpc) is 2.80. The van der Waals surface area contributed by atoms with Crippen molar-refractivity contribution in [2.24, 2.45) is 0 Å². The second kappa shape index (κ2) is 4.84. The fraction of sp³-hybridized carbons (Fsp3) is 0.455. The maximum absolute atomic E-state index is 12.1. The summed E-state index contributed by atoms with van der Waals surface area (Å²) in [6.45, 7) is 1.60. The van der Waals surface area contributed by atoms with Crippen LogP contribution in [0, 0.1) is 0 Å². The Labute approximate surface area is 112 Å². The lowest BCUT2D eigenvalue weighted by Crippen LogP contribution is -2.29. The first kappa shape index (κ1) is 12.7. The number of pyridine rings is 1. The molecule has 0 unspecified atom stereocenters. The zero-order valence-corrected chi connectivity index (χ0v) is 11.0. The van der Waals surface area contributed by atoms with Gasteiger partial charge in [-0.3, -0.25) is 4.79 Å². The Morgan fingerprint density at radius 1 is 1.35 bits per heavy atom. The van der Waals surface area contributed by atoms with Gasteiger partial charge in [0.05, 0.1) is 15.7 Å². The number of alkyl halides is 1. The van der Waals surface area contributed by atoms with E-state index in [1.807, 2.05) is 0 Å². The summed E-state index contributed by atoms with van der Waals surface area (Å²) < 4.78 is -1.20. The fourth-order valence-corrected chi connectivity index (χ4v) is 2.07. The molecule has 0 bridgehead atoms. The van der Waals surface area contributed by atoms with Crippen LogP contribution >= 0.6 is 15.9 Å². The van der Waals surface area contributed by atoms with Crippen molar-refractivity contribution in [1.29, 1.82) is 0 Å². The average molecular weight is 289 g/mol. The van der Waals surface area contributed by atoms with E-state index in [0.29, 0.717) is 11.4 Å². The number of nitrogens with zero attached hydrogens (tertiary/aromatic N) is 2. The lowest BCUT2D eigenvalue weighted by molar-refractivity contribution is 0.0787. The summed E-state index contributed by atoms with van der Waals surface area (Å²) in [6.07, 6.45) is 2.11. The van der Waals surface area contributed by atoms with Gasteiger partial charge in [-0.15, -0.1) is 0 Å². The third kappa shape index (κ3) is 2.92. The molecule has 4 radical (unpaired) electrons. The van der Waals surface area contributed by atoms with Crippen molar-refractivity contribution < 1.29 is 4.79 Å². The summed E-state index contributed by atoms with van der Waals surface area (Å²) in [4.78, 5) is 18.1. The summed E-state index contributed by atoms with van der Waals surface area (Å²) in [5.41, 5.74) is 0.840. The number of carbonyl (C=O) groups is 1.